The molecule has 80 valence electrons. The van der Waals surface area contributed by atoms with Gasteiger partial charge in [0.25, 0.3) is 0 Å². The zero-order chi connectivity index (χ0) is 10.7. The Bertz CT molecular complexity index is 403. The molecule has 0 spiro atoms. The number of aromatic nitrogens is 2. The number of oxazole rings is 1. The van der Waals surface area contributed by atoms with Crippen LogP contribution in [0, 0.1) is 5.92 Å². The van der Waals surface area contributed by atoms with Gasteiger partial charge in [-0.3, -0.25) is 0 Å². The van der Waals surface area contributed by atoms with Gasteiger partial charge in [-0.05, 0) is 24.6 Å². The number of fused-ring (bicyclic) bond motifs is 1. The quantitative estimate of drug-likeness (QED) is 0.829. The van der Waals surface area contributed by atoms with E-state index >= 15 is 0 Å². The molecule has 0 fully saturated rings. The van der Waals surface area contributed by atoms with Crippen molar-refractivity contribution in [3.05, 3.63) is 24.2 Å². The Morgan fingerprint density at radius 1 is 1.47 bits per heavy atom. The van der Waals surface area contributed by atoms with Crippen LogP contribution in [-0.2, 0) is 6.54 Å². The van der Waals surface area contributed by atoms with Crippen molar-refractivity contribution in [1.29, 1.82) is 0 Å². The lowest BCUT2D eigenvalue weighted by molar-refractivity contribution is 0.471. The average Bonchev–Trinajstić information content (AvgIpc) is 2.59. The smallest absolute Gasteiger partial charge is 0.211 e. The highest BCUT2D eigenvalue weighted by Gasteiger charge is 2.05. The molecule has 0 amide bonds. The summed E-state index contributed by atoms with van der Waals surface area (Å²) in [6.07, 6.45) is 1.72. The summed E-state index contributed by atoms with van der Waals surface area (Å²) < 4.78 is 5.51. The molecule has 2 rings (SSSR count). The third kappa shape index (κ3) is 2.53. The number of hydrogen-bond acceptors (Lipinski definition) is 4. The second-order valence-corrected chi connectivity index (χ2v) is 3.96. The fraction of sp³-hybridized carbons (Fsp3) is 0.455. The van der Waals surface area contributed by atoms with Crippen LogP contribution in [0.2, 0.25) is 0 Å². The Morgan fingerprint density at radius 2 is 2.33 bits per heavy atom. The van der Waals surface area contributed by atoms with Crippen molar-refractivity contribution < 1.29 is 4.42 Å². The van der Waals surface area contributed by atoms with Gasteiger partial charge in [0.05, 0.1) is 6.54 Å². The van der Waals surface area contributed by atoms with Gasteiger partial charge in [-0.1, -0.05) is 13.8 Å². The molecule has 0 radical (unpaired) electrons. The number of nitrogens with zero attached hydrogens (tertiary/aromatic N) is 2. The van der Waals surface area contributed by atoms with Gasteiger partial charge in [-0.25, -0.2) is 4.98 Å². The molecule has 15 heavy (non-hydrogen) atoms. The number of hydrogen-bond donors (Lipinski definition) is 1. The van der Waals surface area contributed by atoms with Gasteiger partial charge in [-0.15, -0.1) is 0 Å². The summed E-state index contributed by atoms with van der Waals surface area (Å²) in [6, 6.07) is 3.72. The number of nitrogens with one attached hydrogen (secondary N) is 1. The van der Waals surface area contributed by atoms with E-state index in [1.807, 2.05) is 12.1 Å². The van der Waals surface area contributed by atoms with Crippen molar-refractivity contribution in [2.45, 2.75) is 20.4 Å². The van der Waals surface area contributed by atoms with Crippen molar-refractivity contribution in [2.75, 3.05) is 6.54 Å². The van der Waals surface area contributed by atoms with E-state index in [-0.39, 0.29) is 0 Å². The lowest BCUT2D eigenvalue weighted by Crippen LogP contribution is -2.19. The van der Waals surface area contributed by atoms with Gasteiger partial charge in [0, 0.05) is 6.20 Å². The van der Waals surface area contributed by atoms with Crippen LogP contribution in [0.3, 0.4) is 0 Å². The fourth-order valence-electron chi connectivity index (χ4n) is 1.36. The third-order valence-corrected chi connectivity index (χ3v) is 2.04. The van der Waals surface area contributed by atoms with Crippen molar-refractivity contribution in [3.8, 4) is 0 Å². The maximum Gasteiger partial charge on any atom is 0.211 e. The van der Waals surface area contributed by atoms with Crippen LogP contribution in [-0.4, -0.2) is 16.5 Å². The Morgan fingerprint density at radius 3 is 3.07 bits per heavy atom. The topological polar surface area (TPSA) is 51.0 Å². The number of rotatable bonds is 4. The first kappa shape index (κ1) is 10.1. The van der Waals surface area contributed by atoms with Gasteiger partial charge >= 0.3 is 0 Å². The Labute approximate surface area is 88.7 Å². The summed E-state index contributed by atoms with van der Waals surface area (Å²) >= 11 is 0. The Kier molecular flexibility index (Phi) is 2.97. The van der Waals surface area contributed by atoms with Gasteiger partial charge < -0.3 is 9.73 Å². The van der Waals surface area contributed by atoms with E-state index < -0.39 is 0 Å². The Hall–Kier alpha value is -1.42. The molecule has 2 aromatic heterocycles. The standard InChI is InChI=1S/C11H15N3O/c1-8(2)6-12-7-10-14-11-9(15-10)4-3-5-13-11/h3-5,8,12H,6-7H2,1-2H3. The molecule has 0 aliphatic rings. The van der Waals surface area contributed by atoms with Crippen molar-refractivity contribution in [3.63, 3.8) is 0 Å². The second kappa shape index (κ2) is 4.40. The summed E-state index contributed by atoms with van der Waals surface area (Å²) in [6.45, 7) is 5.96. The first-order chi connectivity index (χ1) is 7.25. The third-order valence-electron chi connectivity index (χ3n) is 2.04. The van der Waals surface area contributed by atoms with Crippen molar-refractivity contribution >= 4 is 11.2 Å². The van der Waals surface area contributed by atoms with E-state index in [0.29, 0.717) is 24.0 Å². The molecule has 0 bridgehead atoms. The maximum atomic E-state index is 5.51. The first-order valence-electron chi connectivity index (χ1n) is 5.17. The predicted molar refractivity (Wildman–Crippen MR) is 58.3 cm³/mol. The van der Waals surface area contributed by atoms with Crippen molar-refractivity contribution in [1.82, 2.24) is 15.3 Å². The average molecular weight is 205 g/mol. The maximum absolute atomic E-state index is 5.51. The summed E-state index contributed by atoms with van der Waals surface area (Å²) in [5, 5.41) is 3.28. The summed E-state index contributed by atoms with van der Waals surface area (Å²) in [5.41, 5.74) is 1.43. The van der Waals surface area contributed by atoms with Gasteiger partial charge in [-0.2, -0.15) is 4.98 Å². The SMILES string of the molecule is CC(C)CNCc1nc2ncccc2o1. The van der Waals surface area contributed by atoms with Crippen LogP contribution < -0.4 is 5.32 Å². The van der Waals surface area contributed by atoms with E-state index in [1.165, 1.54) is 0 Å². The highest BCUT2D eigenvalue weighted by atomic mass is 16.3. The molecule has 0 atom stereocenters. The van der Waals surface area contributed by atoms with Gasteiger partial charge in [0.2, 0.25) is 5.89 Å². The largest absolute Gasteiger partial charge is 0.438 e. The molecule has 2 heterocycles. The van der Waals surface area contributed by atoms with E-state index in [1.54, 1.807) is 6.20 Å². The first-order valence-corrected chi connectivity index (χ1v) is 5.17. The lowest BCUT2D eigenvalue weighted by Gasteiger charge is -2.03. The lowest BCUT2D eigenvalue weighted by atomic mass is 10.2. The molecule has 1 N–H and O–H groups in total. The fourth-order valence-corrected chi connectivity index (χ4v) is 1.36. The summed E-state index contributed by atoms with van der Waals surface area (Å²) in [7, 11) is 0. The monoisotopic (exact) mass is 205 g/mol. The number of pyridine rings is 1. The molecular formula is C11H15N3O. The van der Waals surface area contributed by atoms with Crippen LogP contribution >= 0.6 is 0 Å². The molecule has 0 aromatic carbocycles. The normalized spacial score (nSPS) is 11.4. The van der Waals surface area contributed by atoms with Crippen LogP contribution in [0.15, 0.2) is 22.7 Å². The zero-order valence-corrected chi connectivity index (χ0v) is 9.03. The van der Waals surface area contributed by atoms with Crippen LogP contribution in [0.4, 0.5) is 0 Å². The molecule has 0 aliphatic heterocycles. The van der Waals surface area contributed by atoms with Crippen LogP contribution in [0.1, 0.15) is 19.7 Å². The highest BCUT2D eigenvalue weighted by Crippen LogP contribution is 2.11. The van der Waals surface area contributed by atoms with Crippen molar-refractivity contribution in [2.24, 2.45) is 5.92 Å². The highest BCUT2D eigenvalue weighted by molar-refractivity contribution is 5.66. The molecule has 0 aliphatic carbocycles. The summed E-state index contributed by atoms with van der Waals surface area (Å²) in [5.74, 6) is 1.33. The molecule has 0 unspecified atom stereocenters. The minimum atomic E-state index is 0.632. The Balaban J connectivity index is 2.03. The van der Waals surface area contributed by atoms with E-state index in [4.69, 9.17) is 4.42 Å². The predicted octanol–water partition coefficient (Wildman–Crippen LogP) is 1.97. The summed E-state index contributed by atoms with van der Waals surface area (Å²) in [4.78, 5) is 8.38. The molecule has 4 nitrogen and oxygen atoms in total. The van der Waals surface area contributed by atoms with Gasteiger partial charge in [0.15, 0.2) is 11.2 Å². The van der Waals surface area contributed by atoms with Crippen LogP contribution in [0.25, 0.3) is 11.2 Å². The molecule has 0 saturated heterocycles. The molecular weight excluding hydrogens is 190 g/mol. The minimum Gasteiger partial charge on any atom is -0.438 e. The second-order valence-electron chi connectivity index (χ2n) is 3.96. The van der Waals surface area contributed by atoms with Crippen LogP contribution in [0.5, 0.6) is 0 Å². The minimum absolute atomic E-state index is 0.632. The van der Waals surface area contributed by atoms with Gasteiger partial charge in [0.1, 0.15) is 0 Å². The zero-order valence-electron chi connectivity index (χ0n) is 9.03. The van der Waals surface area contributed by atoms with E-state index in [2.05, 4.69) is 29.1 Å². The molecule has 0 saturated carbocycles. The molecule has 4 heteroatoms. The van der Waals surface area contributed by atoms with E-state index in [9.17, 15) is 0 Å². The van der Waals surface area contributed by atoms with E-state index in [0.717, 1.165) is 12.1 Å². The molecule has 2 aromatic rings.